The Morgan fingerprint density at radius 1 is 1.27 bits per heavy atom. The molecule has 1 saturated carbocycles. The van der Waals surface area contributed by atoms with Crippen molar-refractivity contribution in [2.24, 2.45) is 5.92 Å². The second-order valence-corrected chi connectivity index (χ2v) is 5.64. The molecule has 1 fully saturated rings. The lowest BCUT2D eigenvalue weighted by molar-refractivity contribution is 0.0121. The van der Waals surface area contributed by atoms with Crippen molar-refractivity contribution in [2.75, 3.05) is 24.7 Å². The third-order valence-electron chi connectivity index (χ3n) is 3.04. The predicted octanol–water partition coefficient (Wildman–Crippen LogP) is 2.70. The molecule has 90 valence electrons. The first kappa shape index (κ1) is 13.3. The molecular weight excluding hydrogens is 208 g/mol. The van der Waals surface area contributed by atoms with Gasteiger partial charge < -0.3 is 9.84 Å². The molecule has 0 atom stereocenters. The van der Waals surface area contributed by atoms with Crippen molar-refractivity contribution in [1.29, 1.82) is 0 Å². The Morgan fingerprint density at radius 3 is 2.60 bits per heavy atom. The lowest BCUT2D eigenvalue weighted by Crippen LogP contribution is -2.23. The summed E-state index contributed by atoms with van der Waals surface area (Å²) < 4.78 is 5.83. The van der Waals surface area contributed by atoms with Crippen LogP contribution < -0.4 is 0 Å². The smallest absolute Gasteiger partial charge is 0.0575 e. The normalized spacial score (nSPS) is 26.8. The fraction of sp³-hybridized carbons (Fsp3) is 1.00. The molecule has 0 aliphatic heterocycles. The van der Waals surface area contributed by atoms with Gasteiger partial charge in [-0.25, -0.2) is 0 Å². The molecule has 0 saturated heterocycles. The van der Waals surface area contributed by atoms with Crippen LogP contribution in [-0.4, -0.2) is 35.9 Å². The third-order valence-corrected chi connectivity index (χ3v) is 4.03. The van der Waals surface area contributed by atoms with E-state index in [-0.39, 0.29) is 0 Å². The van der Waals surface area contributed by atoms with Crippen molar-refractivity contribution in [2.45, 2.75) is 45.1 Å². The average Bonchev–Trinajstić information content (AvgIpc) is 2.30. The number of hydrogen-bond acceptors (Lipinski definition) is 3. The standard InChI is InChI=1S/C12H24O2S/c1-2-15-9-3-8-14-12-6-4-11(10-13)5-7-12/h11-13H,2-10H2,1H3. The van der Waals surface area contributed by atoms with Gasteiger partial charge in [0, 0.05) is 13.2 Å². The van der Waals surface area contributed by atoms with Crippen LogP contribution in [0.5, 0.6) is 0 Å². The Morgan fingerprint density at radius 2 is 2.00 bits per heavy atom. The van der Waals surface area contributed by atoms with Crippen LogP contribution in [0.2, 0.25) is 0 Å². The zero-order valence-electron chi connectivity index (χ0n) is 9.78. The van der Waals surface area contributed by atoms with Crippen LogP contribution >= 0.6 is 11.8 Å². The van der Waals surface area contributed by atoms with Crippen molar-refractivity contribution in [3.8, 4) is 0 Å². The Bertz CT molecular complexity index is 145. The number of aliphatic hydroxyl groups is 1. The van der Waals surface area contributed by atoms with Gasteiger partial charge in [0.05, 0.1) is 6.10 Å². The molecule has 3 heteroatoms. The molecule has 1 aliphatic carbocycles. The second-order valence-electron chi connectivity index (χ2n) is 4.25. The maximum atomic E-state index is 9.01. The molecule has 0 aromatic carbocycles. The minimum atomic E-state index is 0.361. The topological polar surface area (TPSA) is 29.5 Å². The average molecular weight is 232 g/mol. The van der Waals surface area contributed by atoms with Crippen LogP contribution in [0.1, 0.15) is 39.0 Å². The van der Waals surface area contributed by atoms with E-state index >= 15 is 0 Å². The first-order chi connectivity index (χ1) is 7.36. The van der Waals surface area contributed by atoms with Gasteiger partial charge in [-0.2, -0.15) is 11.8 Å². The zero-order chi connectivity index (χ0) is 10.9. The zero-order valence-corrected chi connectivity index (χ0v) is 10.6. The third kappa shape index (κ3) is 5.79. The molecule has 15 heavy (non-hydrogen) atoms. The van der Waals surface area contributed by atoms with Gasteiger partial charge in [-0.05, 0) is 49.5 Å². The lowest BCUT2D eigenvalue weighted by atomic mass is 9.88. The number of thioether (sulfide) groups is 1. The summed E-state index contributed by atoms with van der Waals surface area (Å²) in [6, 6.07) is 0. The van der Waals surface area contributed by atoms with E-state index < -0.39 is 0 Å². The number of hydrogen-bond donors (Lipinski definition) is 1. The second kappa shape index (κ2) is 8.43. The quantitative estimate of drug-likeness (QED) is 0.684. The highest BCUT2D eigenvalue weighted by atomic mass is 32.2. The molecule has 2 nitrogen and oxygen atoms in total. The minimum absolute atomic E-state index is 0.361. The molecule has 0 spiro atoms. The van der Waals surface area contributed by atoms with Crippen LogP contribution in [0.3, 0.4) is 0 Å². The largest absolute Gasteiger partial charge is 0.396 e. The summed E-state index contributed by atoms with van der Waals surface area (Å²) in [6.45, 7) is 3.48. The predicted molar refractivity (Wildman–Crippen MR) is 66.4 cm³/mol. The van der Waals surface area contributed by atoms with E-state index in [1.807, 2.05) is 11.8 Å². The summed E-state index contributed by atoms with van der Waals surface area (Å²) in [7, 11) is 0. The molecule has 0 heterocycles. The first-order valence-electron chi connectivity index (χ1n) is 6.17. The van der Waals surface area contributed by atoms with Crippen LogP contribution in [0.4, 0.5) is 0 Å². The van der Waals surface area contributed by atoms with Crippen LogP contribution in [0, 0.1) is 5.92 Å². The van der Waals surface area contributed by atoms with E-state index in [4.69, 9.17) is 9.84 Å². The van der Waals surface area contributed by atoms with Crippen molar-refractivity contribution >= 4 is 11.8 Å². The molecule has 0 aromatic heterocycles. The van der Waals surface area contributed by atoms with Gasteiger partial charge in [0.15, 0.2) is 0 Å². The van der Waals surface area contributed by atoms with Crippen molar-refractivity contribution in [3.05, 3.63) is 0 Å². The Labute approximate surface area is 97.8 Å². The Hall–Kier alpha value is 0.270. The molecule has 1 rings (SSSR count). The summed E-state index contributed by atoms with van der Waals surface area (Å²) in [5, 5.41) is 9.01. The maximum Gasteiger partial charge on any atom is 0.0575 e. The van der Waals surface area contributed by atoms with Gasteiger partial charge >= 0.3 is 0 Å². The first-order valence-corrected chi connectivity index (χ1v) is 7.32. The van der Waals surface area contributed by atoms with Crippen LogP contribution in [0.15, 0.2) is 0 Å². The molecule has 0 unspecified atom stereocenters. The van der Waals surface area contributed by atoms with E-state index in [0.717, 1.165) is 32.3 Å². The molecule has 1 N–H and O–H groups in total. The van der Waals surface area contributed by atoms with Crippen LogP contribution in [0.25, 0.3) is 0 Å². The van der Waals surface area contributed by atoms with Crippen LogP contribution in [-0.2, 0) is 4.74 Å². The molecule has 0 amide bonds. The highest BCUT2D eigenvalue weighted by Gasteiger charge is 2.20. The fourth-order valence-electron chi connectivity index (χ4n) is 2.04. The van der Waals surface area contributed by atoms with Crippen molar-refractivity contribution in [1.82, 2.24) is 0 Å². The van der Waals surface area contributed by atoms with Crippen molar-refractivity contribution < 1.29 is 9.84 Å². The number of ether oxygens (including phenoxy) is 1. The number of aliphatic hydroxyl groups excluding tert-OH is 1. The fourth-order valence-corrected chi connectivity index (χ4v) is 2.65. The van der Waals surface area contributed by atoms with Gasteiger partial charge in [0.25, 0.3) is 0 Å². The molecule has 0 radical (unpaired) electrons. The summed E-state index contributed by atoms with van der Waals surface area (Å²) in [6.07, 6.45) is 6.23. The van der Waals surface area contributed by atoms with Crippen molar-refractivity contribution in [3.63, 3.8) is 0 Å². The highest BCUT2D eigenvalue weighted by Crippen LogP contribution is 2.25. The van der Waals surface area contributed by atoms with E-state index in [9.17, 15) is 0 Å². The van der Waals surface area contributed by atoms with E-state index in [1.165, 1.54) is 17.9 Å². The Kier molecular flexibility index (Phi) is 7.49. The van der Waals surface area contributed by atoms with E-state index in [1.54, 1.807) is 0 Å². The molecular formula is C12H24O2S. The molecule has 0 bridgehead atoms. The summed E-state index contributed by atoms with van der Waals surface area (Å²) >= 11 is 1.99. The van der Waals surface area contributed by atoms with E-state index in [2.05, 4.69) is 6.92 Å². The lowest BCUT2D eigenvalue weighted by Gasteiger charge is -2.27. The monoisotopic (exact) mass is 232 g/mol. The van der Waals surface area contributed by atoms with Gasteiger partial charge in [-0.15, -0.1) is 0 Å². The number of rotatable bonds is 7. The molecule has 1 aliphatic rings. The highest BCUT2D eigenvalue weighted by molar-refractivity contribution is 7.99. The van der Waals surface area contributed by atoms with Gasteiger partial charge in [-0.1, -0.05) is 6.92 Å². The van der Waals surface area contributed by atoms with E-state index in [0.29, 0.717) is 18.6 Å². The molecule has 0 aromatic rings. The minimum Gasteiger partial charge on any atom is -0.396 e. The summed E-state index contributed by atoms with van der Waals surface area (Å²) in [5.41, 5.74) is 0. The van der Waals surface area contributed by atoms with Gasteiger partial charge in [0.1, 0.15) is 0 Å². The Balaban J connectivity index is 1.94. The summed E-state index contributed by atoms with van der Waals surface area (Å²) in [4.78, 5) is 0. The van der Waals surface area contributed by atoms with Gasteiger partial charge in [0.2, 0.25) is 0 Å². The van der Waals surface area contributed by atoms with Gasteiger partial charge in [-0.3, -0.25) is 0 Å². The summed E-state index contributed by atoms with van der Waals surface area (Å²) in [5.74, 6) is 2.98. The maximum absolute atomic E-state index is 9.01. The SMILES string of the molecule is CCSCCCOC1CCC(CO)CC1.